The second-order valence-electron chi connectivity index (χ2n) is 7.59. The average Bonchev–Trinajstić information content (AvgIpc) is 2.80. The fourth-order valence-electron chi connectivity index (χ4n) is 3.44. The summed E-state index contributed by atoms with van der Waals surface area (Å²) in [6, 6.07) is 5.24. The van der Waals surface area contributed by atoms with Gasteiger partial charge in [0.15, 0.2) is 12.6 Å². The molecule has 0 N–H and O–H groups in total. The lowest BCUT2D eigenvalue weighted by atomic mass is 10.2. The number of ether oxygens (including phenoxy) is 6. The quantitative estimate of drug-likeness (QED) is 0.350. The lowest BCUT2D eigenvalue weighted by molar-refractivity contribution is -0.163. The van der Waals surface area contributed by atoms with E-state index in [1.807, 2.05) is 6.07 Å². The van der Waals surface area contributed by atoms with Crippen molar-refractivity contribution in [1.82, 2.24) is 0 Å². The molecule has 1 aromatic carbocycles. The summed E-state index contributed by atoms with van der Waals surface area (Å²) in [6.07, 6.45) is 8.60. The molecule has 0 saturated carbocycles. The van der Waals surface area contributed by atoms with Crippen molar-refractivity contribution in [1.29, 1.82) is 0 Å². The van der Waals surface area contributed by atoms with Crippen LogP contribution in [0.4, 0.5) is 0 Å². The van der Waals surface area contributed by atoms with Crippen LogP contribution in [0.15, 0.2) is 18.2 Å². The van der Waals surface area contributed by atoms with Gasteiger partial charge in [0.1, 0.15) is 17.8 Å². The number of aldehydes is 1. The summed E-state index contributed by atoms with van der Waals surface area (Å²) in [5.74, 6) is 1.24. The van der Waals surface area contributed by atoms with Gasteiger partial charge < -0.3 is 28.4 Å². The predicted octanol–water partition coefficient (Wildman–Crippen LogP) is 4.12. The highest BCUT2D eigenvalue weighted by Crippen LogP contribution is 2.23. The predicted molar refractivity (Wildman–Crippen MR) is 111 cm³/mol. The third kappa shape index (κ3) is 8.60. The maximum absolute atomic E-state index is 11.2. The van der Waals surface area contributed by atoms with E-state index in [2.05, 4.69) is 0 Å². The van der Waals surface area contributed by atoms with Crippen LogP contribution in [-0.2, 0) is 18.9 Å². The van der Waals surface area contributed by atoms with Crippen LogP contribution in [0.2, 0.25) is 0 Å². The Balaban J connectivity index is 1.32. The first-order valence-electron chi connectivity index (χ1n) is 11.2. The molecule has 0 bridgehead atoms. The summed E-state index contributed by atoms with van der Waals surface area (Å²) in [7, 11) is 0. The van der Waals surface area contributed by atoms with Crippen molar-refractivity contribution in [3.8, 4) is 11.5 Å². The zero-order chi connectivity index (χ0) is 20.9. The average molecular weight is 423 g/mol. The van der Waals surface area contributed by atoms with Crippen molar-refractivity contribution in [3.63, 3.8) is 0 Å². The number of hydrogen-bond donors (Lipinski definition) is 0. The Morgan fingerprint density at radius 2 is 1.30 bits per heavy atom. The van der Waals surface area contributed by atoms with Gasteiger partial charge >= 0.3 is 0 Å². The van der Waals surface area contributed by atoms with E-state index in [0.29, 0.717) is 43.5 Å². The molecule has 2 aliphatic rings. The number of carbonyl (C=O) groups is 1. The molecule has 7 nitrogen and oxygen atoms in total. The van der Waals surface area contributed by atoms with Gasteiger partial charge in [0.05, 0.1) is 26.4 Å². The largest absolute Gasteiger partial charge is 0.493 e. The zero-order valence-electron chi connectivity index (χ0n) is 17.7. The van der Waals surface area contributed by atoms with Crippen LogP contribution in [0.25, 0.3) is 0 Å². The first-order valence-corrected chi connectivity index (χ1v) is 11.2. The molecule has 0 aromatic heterocycles. The van der Waals surface area contributed by atoms with Crippen molar-refractivity contribution in [2.45, 2.75) is 63.9 Å². The molecule has 2 unspecified atom stereocenters. The number of rotatable bonds is 13. The van der Waals surface area contributed by atoms with Gasteiger partial charge in [0, 0.05) is 37.7 Å². The third-order valence-corrected chi connectivity index (χ3v) is 5.04. The van der Waals surface area contributed by atoms with Crippen molar-refractivity contribution in [2.75, 3.05) is 39.6 Å². The van der Waals surface area contributed by atoms with Gasteiger partial charge in [0.2, 0.25) is 0 Å². The standard InChI is InChI=1S/C23H34O7/c24-18-19-15-20(25-11-5-13-29-22-7-1-3-9-27-22)17-21(16-19)26-12-6-14-30-23-8-2-4-10-28-23/h15-18,22-23H,1-14H2. The number of benzene rings is 1. The van der Waals surface area contributed by atoms with Crippen LogP contribution in [0.3, 0.4) is 0 Å². The minimum atomic E-state index is -0.0780. The minimum absolute atomic E-state index is 0.0780. The molecule has 7 heteroatoms. The molecular weight excluding hydrogens is 388 g/mol. The molecular formula is C23H34O7. The lowest BCUT2D eigenvalue weighted by Crippen LogP contribution is -2.23. The fraction of sp³-hybridized carbons (Fsp3) is 0.696. The van der Waals surface area contributed by atoms with E-state index in [1.165, 1.54) is 0 Å². The Kier molecular flexibility index (Phi) is 10.4. The Bertz CT molecular complexity index is 563. The van der Waals surface area contributed by atoms with Crippen molar-refractivity contribution < 1.29 is 33.2 Å². The summed E-state index contributed by atoms with van der Waals surface area (Å²) in [5, 5.41) is 0. The molecule has 168 valence electrons. The SMILES string of the molecule is O=Cc1cc(OCCCOC2CCCCO2)cc(OCCCOC2CCCCO2)c1. The molecule has 1 aromatic rings. The Labute approximate surface area is 178 Å². The van der Waals surface area contributed by atoms with E-state index in [1.54, 1.807) is 12.1 Å². The Morgan fingerprint density at radius 3 is 1.73 bits per heavy atom. The summed E-state index contributed by atoms with van der Waals surface area (Å²) in [4.78, 5) is 11.2. The highest BCUT2D eigenvalue weighted by Gasteiger charge is 2.14. The van der Waals surface area contributed by atoms with E-state index in [4.69, 9.17) is 28.4 Å². The van der Waals surface area contributed by atoms with Gasteiger partial charge in [-0.2, -0.15) is 0 Å². The Morgan fingerprint density at radius 1 is 0.767 bits per heavy atom. The Hall–Kier alpha value is -1.67. The molecule has 0 aliphatic carbocycles. The molecule has 2 saturated heterocycles. The van der Waals surface area contributed by atoms with E-state index in [-0.39, 0.29) is 12.6 Å². The molecule has 3 rings (SSSR count). The van der Waals surface area contributed by atoms with Crippen LogP contribution in [-0.4, -0.2) is 58.5 Å². The maximum Gasteiger partial charge on any atom is 0.157 e. The van der Waals surface area contributed by atoms with Crippen LogP contribution in [0, 0.1) is 0 Å². The first-order chi connectivity index (χ1) is 14.8. The molecule has 2 aliphatic heterocycles. The van der Waals surface area contributed by atoms with Gasteiger partial charge in [-0.25, -0.2) is 0 Å². The maximum atomic E-state index is 11.2. The van der Waals surface area contributed by atoms with Gasteiger partial charge in [-0.05, 0) is 50.7 Å². The van der Waals surface area contributed by atoms with E-state index >= 15 is 0 Å². The lowest BCUT2D eigenvalue weighted by Gasteiger charge is -2.22. The summed E-state index contributed by atoms with van der Waals surface area (Å²) < 4.78 is 34.1. The molecule has 0 radical (unpaired) electrons. The third-order valence-electron chi connectivity index (χ3n) is 5.04. The molecule has 2 heterocycles. The van der Waals surface area contributed by atoms with E-state index < -0.39 is 0 Å². The number of hydrogen-bond acceptors (Lipinski definition) is 7. The normalized spacial score (nSPS) is 21.9. The van der Waals surface area contributed by atoms with E-state index in [0.717, 1.165) is 70.9 Å². The highest BCUT2D eigenvalue weighted by molar-refractivity contribution is 5.76. The molecule has 2 atom stereocenters. The van der Waals surface area contributed by atoms with E-state index in [9.17, 15) is 4.79 Å². The number of carbonyl (C=O) groups excluding carboxylic acids is 1. The zero-order valence-corrected chi connectivity index (χ0v) is 17.7. The second kappa shape index (κ2) is 13.6. The summed E-state index contributed by atoms with van der Waals surface area (Å²) in [5.41, 5.74) is 0.529. The smallest absolute Gasteiger partial charge is 0.157 e. The van der Waals surface area contributed by atoms with Crippen LogP contribution < -0.4 is 9.47 Å². The highest BCUT2D eigenvalue weighted by atomic mass is 16.7. The van der Waals surface area contributed by atoms with Crippen molar-refractivity contribution >= 4 is 6.29 Å². The van der Waals surface area contributed by atoms with Crippen LogP contribution in [0.1, 0.15) is 61.7 Å². The molecule has 2 fully saturated rings. The first kappa shape index (κ1) is 23.0. The van der Waals surface area contributed by atoms with Gasteiger partial charge in [-0.1, -0.05) is 0 Å². The van der Waals surface area contributed by atoms with Gasteiger partial charge in [-0.15, -0.1) is 0 Å². The van der Waals surface area contributed by atoms with Gasteiger partial charge in [0.25, 0.3) is 0 Å². The van der Waals surface area contributed by atoms with Gasteiger partial charge in [-0.3, -0.25) is 4.79 Å². The van der Waals surface area contributed by atoms with Crippen LogP contribution >= 0.6 is 0 Å². The van der Waals surface area contributed by atoms with Crippen LogP contribution in [0.5, 0.6) is 11.5 Å². The fourth-order valence-corrected chi connectivity index (χ4v) is 3.44. The van der Waals surface area contributed by atoms with Crippen molar-refractivity contribution in [2.24, 2.45) is 0 Å². The minimum Gasteiger partial charge on any atom is -0.493 e. The topological polar surface area (TPSA) is 72.5 Å². The summed E-state index contributed by atoms with van der Waals surface area (Å²) >= 11 is 0. The molecule has 30 heavy (non-hydrogen) atoms. The summed E-state index contributed by atoms with van der Waals surface area (Å²) in [6.45, 7) is 3.75. The molecule has 0 amide bonds. The van der Waals surface area contributed by atoms with Crippen molar-refractivity contribution in [3.05, 3.63) is 23.8 Å². The second-order valence-corrected chi connectivity index (χ2v) is 7.59. The monoisotopic (exact) mass is 422 g/mol. The molecule has 0 spiro atoms.